The summed E-state index contributed by atoms with van der Waals surface area (Å²) in [4.78, 5) is 25.0. The largest absolute Gasteiger partial charge is 0.335 e. The van der Waals surface area contributed by atoms with Gasteiger partial charge in [0.1, 0.15) is 12.9 Å². The normalized spacial score (nSPS) is 10.2. The van der Waals surface area contributed by atoms with Crippen LogP contribution in [0.1, 0.15) is 0 Å². The molecule has 2 rings (SSSR count). The van der Waals surface area contributed by atoms with Crippen molar-refractivity contribution >= 4 is 29.1 Å². The molecule has 0 unspecified atom stereocenters. The van der Waals surface area contributed by atoms with E-state index in [9.17, 15) is 9.59 Å². The molecule has 1 aromatic heterocycles. The van der Waals surface area contributed by atoms with E-state index >= 15 is 0 Å². The number of likely N-dealkylation sites (N-methyl/N-ethyl adjacent to an activating group) is 1. The standard InChI is InChI=1S/C12H13ClN6O2/c1-18(12(21)7-19-8-14-16-17-19)6-11(20)15-10-4-2-9(13)3-5-10/h2-5,8H,6-7H2,1H3,(H,15,20). The first-order valence-corrected chi connectivity index (χ1v) is 6.42. The zero-order valence-electron chi connectivity index (χ0n) is 11.2. The second-order valence-corrected chi connectivity index (χ2v) is 4.75. The lowest BCUT2D eigenvalue weighted by Crippen LogP contribution is -2.37. The molecule has 0 saturated heterocycles. The van der Waals surface area contributed by atoms with Gasteiger partial charge in [0, 0.05) is 17.8 Å². The Balaban J connectivity index is 1.84. The van der Waals surface area contributed by atoms with Crippen molar-refractivity contribution in [3.63, 3.8) is 0 Å². The molecule has 0 aliphatic carbocycles. The van der Waals surface area contributed by atoms with Crippen LogP contribution < -0.4 is 5.32 Å². The highest BCUT2D eigenvalue weighted by atomic mass is 35.5. The second-order valence-electron chi connectivity index (χ2n) is 4.31. The van der Waals surface area contributed by atoms with Crippen LogP contribution in [0.2, 0.25) is 5.02 Å². The Morgan fingerprint density at radius 2 is 2.05 bits per heavy atom. The first-order chi connectivity index (χ1) is 10.0. The fourth-order valence-corrected chi connectivity index (χ4v) is 1.68. The molecule has 0 atom stereocenters. The Morgan fingerprint density at radius 3 is 2.67 bits per heavy atom. The number of amides is 2. The predicted molar refractivity (Wildman–Crippen MR) is 75.5 cm³/mol. The van der Waals surface area contributed by atoms with Gasteiger partial charge >= 0.3 is 0 Å². The molecule has 0 fully saturated rings. The number of nitrogens with zero attached hydrogens (tertiary/aromatic N) is 5. The number of hydrogen-bond acceptors (Lipinski definition) is 5. The molecule has 0 radical (unpaired) electrons. The number of carbonyl (C=O) groups is 2. The topological polar surface area (TPSA) is 93.0 Å². The molecule has 0 spiro atoms. The van der Waals surface area contributed by atoms with Gasteiger partial charge in [-0.2, -0.15) is 0 Å². The van der Waals surface area contributed by atoms with Crippen LogP contribution in [0.4, 0.5) is 5.69 Å². The zero-order valence-corrected chi connectivity index (χ0v) is 12.0. The van der Waals surface area contributed by atoms with Gasteiger partial charge in [-0.3, -0.25) is 9.59 Å². The lowest BCUT2D eigenvalue weighted by atomic mass is 10.3. The summed E-state index contributed by atoms with van der Waals surface area (Å²) in [5.41, 5.74) is 0.616. The van der Waals surface area contributed by atoms with E-state index in [0.29, 0.717) is 10.7 Å². The number of halogens is 1. The minimum atomic E-state index is -0.301. The van der Waals surface area contributed by atoms with E-state index in [1.807, 2.05) is 0 Å². The highest BCUT2D eigenvalue weighted by molar-refractivity contribution is 6.30. The molecular formula is C12H13ClN6O2. The number of nitrogens with one attached hydrogen (secondary N) is 1. The molecule has 8 nitrogen and oxygen atoms in total. The number of anilines is 1. The molecule has 2 aromatic rings. The Labute approximate surface area is 125 Å². The number of tetrazole rings is 1. The van der Waals surface area contributed by atoms with Gasteiger partial charge in [-0.1, -0.05) is 11.6 Å². The van der Waals surface area contributed by atoms with Crippen LogP contribution in [0.25, 0.3) is 0 Å². The van der Waals surface area contributed by atoms with E-state index in [-0.39, 0.29) is 24.9 Å². The maximum atomic E-state index is 11.9. The first-order valence-electron chi connectivity index (χ1n) is 6.05. The van der Waals surface area contributed by atoms with Crippen LogP contribution in [0, 0.1) is 0 Å². The highest BCUT2D eigenvalue weighted by Gasteiger charge is 2.14. The zero-order chi connectivity index (χ0) is 15.2. The van der Waals surface area contributed by atoms with Gasteiger partial charge in [0.05, 0.1) is 6.54 Å². The van der Waals surface area contributed by atoms with Crippen molar-refractivity contribution in [2.45, 2.75) is 6.54 Å². The lowest BCUT2D eigenvalue weighted by Gasteiger charge is -2.16. The maximum absolute atomic E-state index is 11.9. The van der Waals surface area contributed by atoms with Crippen molar-refractivity contribution in [1.82, 2.24) is 25.1 Å². The van der Waals surface area contributed by atoms with Crippen LogP contribution in [0.15, 0.2) is 30.6 Å². The summed E-state index contributed by atoms with van der Waals surface area (Å²) in [6, 6.07) is 6.71. The molecule has 1 aromatic carbocycles. The third-order valence-corrected chi connectivity index (χ3v) is 2.88. The molecule has 0 aliphatic heterocycles. The average molecular weight is 309 g/mol. The van der Waals surface area contributed by atoms with Gasteiger partial charge in [-0.15, -0.1) is 5.10 Å². The van der Waals surface area contributed by atoms with Crippen molar-refractivity contribution in [2.24, 2.45) is 0 Å². The summed E-state index contributed by atoms with van der Waals surface area (Å²) in [7, 11) is 1.54. The van der Waals surface area contributed by atoms with E-state index in [1.165, 1.54) is 23.0 Å². The van der Waals surface area contributed by atoms with E-state index in [2.05, 4.69) is 20.8 Å². The summed E-state index contributed by atoms with van der Waals surface area (Å²) in [5, 5.41) is 13.7. The number of hydrogen-bond donors (Lipinski definition) is 1. The molecular weight excluding hydrogens is 296 g/mol. The van der Waals surface area contributed by atoms with Crippen LogP contribution in [-0.2, 0) is 16.1 Å². The Bertz CT molecular complexity index is 613. The molecule has 110 valence electrons. The van der Waals surface area contributed by atoms with E-state index in [0.717, 1.165) is 0 Å². The Morgan fingerprint density at radius 1 is 1.33 bits per heavy atom. The maximum Gasteiger partial charge on any atom is 0.244 e. The molecule has 21 heavy (non-hydrogen) atoms. The third kappa shape index (κ3) is 4.53. The Hall–Kier alpha value is -2.48. The number of rotatable bonds is 5. The van der Waals surface area contributed by atoms with Crippen LogP contribution >= 0.6 is 11.6 Å². The number of aromatic nitrogens is 4. The number of benzene rings is 1. The van der Waals surface area contributed by atoms with Crippen molar-refractivity contribution < 1.29 is 9.59 Å². The minimum absolute atomic E-state index is 0.0161. The van der Waals surface area contributed by atoms with Gasteiger partial charge < -0.3 is 10.2 Å². The number of carbonyl (C=O) groups excluding carboxylic acids is 2. The van der Waals surface area contributed by atoms with E-state index in [1.54, 1.807) is 24.3 Å². The average Bonchev–Trinajstić information content (AvgIpc) is 2.94. The molecule has 1 heterocycles. The molecule has 9 heteroatoms. The van der Waals surface area contributed by atoms with E-state index in [4.69, 9.17) is 11.6 Å². The predicted octanol–water partition coefficient (Wildman–Crippen LogP) is 0.424. The van der Waals surface area contributed by atoms with Crippen molar-refractivity contribution in [3.05, 3.63) is 35.6 Å². The second kappa shape index (κ2) is 6.80. The van der Waals surface area contributed by atoms with Crippen LogP contribution in [0.5, 0.6) is 0 Å². The summed E-state index contributed by atoms with van der Waals surface area (Å²) in [5.74, 6) is -0.571. The fourth-order valence-electron chi connectivity index (χ4n) is 1.55. The van der Waals surface area contributed by atoms with Crippen LogP contribution in [0.3, 0.4) is 0 Å². The van der Waals surface area contributed by atoms with Crippen molar-refractivity contribution in [1.29, 1.82) is 0 Å². The fraction of sp³-hybridized carbons (Fsp3) is 0.250. The quantitative estimate of drug-likeness (QED) is 0.864. The molecule has 1 N–H and O–H groups in total. The summed E-state index contributed by atoms with van der Waals surface area (Å²) in [6.45, 7) is -0.0820. The van der Waals surface area contributed by atoms with Crippen molar-refractivity contribution in [3.8, 4) is 0 Å². The molecule has 0 aliphatic rings. The third-order valence-electron chi connectivity index (χ3n) is 2.62. The van der Waals surface area contributed by atoms with Gasteiger partial charge in [0.2, 0.25) is 11.8 Å². The van der Waals surface area contributed by atoms with Gasteiger partial charge in [-0.25, -0.2) is 4.68 Å². The highest BCUT2D eigenvalue weighted by Crippen LogP contribution is 2.13. The van der Waals surface area contributed by atoms with E-state index < -0.39 is 0 Å². The van der Waals surface area contributed by atoms with Crippen LogP contribution in [-0.4, -0.2) is 50.5 Å². The molecule has 2 amide bonds. The lowest BCUT2D eigenvalue weighted by molar-refractivity contribution is -0.134. The monoisotopic (exact) mass is 308 g/mol. The Kier molecular flexibility index (Phi) is 4.83. The first kappa shape index (κ1) is 14.9. The summed E-state index contributed by atoms with van der Waals surface area (Å²) >= 11 is 5.76. The van der Waals surface area contributed by atoms with Gasteiger partial charge in [0.25, 0.3) is 0 Å². The van der Waals surface area contributed by atoms with Crippen molar-refractivity contribution in [2.75, 3.05) is 18.9 Å². The molecule has 0 saturated carbocycles. The van der Waals surface area contributed by atoms with Gasteiger partial charge in [0.15, 0.2) is 0 Å². The molecule has 0 bridgehead atoms. The SMILES string of the molecule is CN(CC(=O)Nc1ccc(Cl)cc1)C(=O)Cn1cnnn1. The van der Waals surface area contributed by atoms with Gasteiger partial charge in [-0.05, 0) is 34.7 Å². The minimum Gasteiger partial charge on any atom is -0.335 e. The summed E-state index contributed by atoms with van der Waals surface area (Å²) < 4.78 is 1.29. The smallest absolute Gasteiger partial charge is 0.244 e. The summed E-state index contributed by atoms with van der Waals surface area (Å²) in [6.07, 6.45) is 1.33.